The Balaban J connectivity index is 2.32. The summed E-state index contributed by atoms with van der Waals surface area (Å²) < 4.78 is 16.2. The Morgan fingerprint density at radius 2 is 2.06 bits per heavy atom. The van der Waals surface area contributed by atoms with Gasteiger partial charge in [0.1, 0.15) is 12.2 Å². The minimum atomic E-state index is -1.09. The number of fused-ring (bicyclic) bond motifs is 1. The van der Waals surface area contributed by atoms with E-state index in [1.165, 1.54) is 6.92 Å². The Hall–Kier alpha value is -1.34. The summed E-state index contributed by atoms with van der Waals surface area (Å²) in [5.74, 6) is -1.62. The fraction of sp³-hybridized carbons (Fsp3) is 0.900. The Kier molecular flexibility index (Phi) is 3.20. The highest BCUT2D eigenvalue weighted by molar-refractivity contribution is 5.78. The molecular formula is C10H15N3O5. The first-order valence-corrected chi connectivity index (χ1v) is 5.64. The van der Waals surface area contributed by atoms with Crippen LogP contribution in [0.25, 0.3) is 10.4 Å². The molecule has 0 aromatic heterocycles. The molecule has 0 saturated carbocycles. The smallest absolute Gasteiger partial charge is 0.318 e. The standard InChI is InChI=1S/C10H15N3O5/c1-4(14)6-8-7(17-10(2,3)18-8)5(12-13-11)9(15)16-6/h4-8,14H,1-3H3/t4-,5+,6-,7-,8+/m0/s1. The number of ether oxygens (including phenoxy) is 3. The van der Waals surface area contributed by atoms with Crippen LogP contribution in [-0.4, -0.2) is 47.3 Å². The van der Waals surface area contributed by atoms with Crippen molar-refractivity contribution in [2.75, 3.05) is 0 Å². The third kappa shape index (κ3) is 2.15. The Morgan fingerprint density at radius 3 is 2.61 bits per heavy atom. The van der Waals surface area contributed by atoms with Crippen LogP contribution in [-0.2, 0) is 19.0 Å². The average Bonchev–Trinajstić information content (AvgIpc) is 2.57. The molecule has 0 aromatic rings. The molecule has 2 heterocycles. The predicted octanol–water partition coefficient (Wildman–Crippen LogP) is 0.492. The maximum Gasteiger partial charge on any atom is 0.318 e. The molecule has 8 heteroatoms. The van der Waals surface area contributed by atoms with Crippen LogP contribution < -0.4 is 0 Å². The molecule has 0 unspecified atom stereocenters. The summed E-state index contributed by atoms with van der Waals surface area (Å²) in [6.45, 7) is 4.86. The number of nitrogens with zero attached hydrogens (tertiary/aromatic N) is 3. The molecule has 18 heavy (non-hydrogen) atoms. The maximum absolute atomic E-state index is 11.7. The number of rotatable bonds is 2. The number of hydrogen-bond acceptors (Lipinski definition) is 6. The molecule has 0 radical (unpaired) electrons. The lowest BCUT2D eigenvalue weighted by Gasteiger charge is -2.35. The van der Waals surface area contributed by atoms with Crippen LogP contribution in [0.2, 0.25) is 0 Å². The zero-order valence-corrected chi connectivity index (χ0v) is 10.3. The highest BCUT2D eigenvalue weighted by atomic mass is 16.8. The van der Waals surface area contributed by atoms with E-state index in [9.17, 15) is 9.90 Å². The number of cyclic esters (lactones) is 1. The van der Waals surface area contributed by atoms with Crippen molar-refractivity contribution in [1.29, 1.82) is 0 Å². The molecule has 0 aliphatic carbocycles. The average molecular weight is 257 g/mol. The minimum absolute atomic E-state index is 0.645. The van der Waals surface area contributed by atoms with Crippen LogP contribution in [0.5, 0.6) is 0 Å². The second-order valence-electron chi connectivity index (χ2n) is 4.86. The monoisotopic (exact) mass is 257 g/mol. The van der Waals surface area contributed by atoms with Crippen LogP contribution in [0.1, 0.15) is 20.8 Å². The zero-order valence-electron chi connectivity index (χ0n) is 10.3. The van der Waals surface area contributed by atoms with Crippen molar-refractivity contribution in [3.8, 4) is 0 Å². The highest BCUT2D eigenvalue weighted by Gasteiger charge is 2.56. The van der Waals surface area contributed by atoms with E-state index in [-0.39, 0.29) is 0 Å². The molecule has 2 aliphatic heterocycles. The van der Waals surface area contributed by atoms with Gasteiger partial charge in [-0.1, -0.05) is 5.11 Å². The molecule has 8 nitrogen and oxygen atoms in total. The summed E-state index contributed by atoms with van der Waals surface area (Å²) in [7, 11) is 0. The van der Waals surface area contributed by atoms with E-state index in [2.05, 4.69) is 10.0 Å². The summed E-state index contributed by atoms with van der Waals surface area (Å²) in [4.78, 5) is 14.3. The number of aliphatic hydroxyl groups excluding tert-OH is 1. The van der Waals surface area contributed by atoms with Gasteiger partial charge in [-0.25, -0.2) is 0 Å². The van der Waals surface area contributed by atoms with Gasteiger partial charge in [-0.3, -0.25) is 4.79 Å². The molecule has 0 aromatic carbocycles. The Morgan fingerprint density at radius 1 is 1.44 bits per heavy atom. The van der Waals surface area contributed by atoms with Gasteiger partial charge >= 0.3 is 5.97 Å². The van der Waals surface area contributed by atoms with E-state index in [4.69, 9.17) is 19.7 Å². The lowest BCUT2D eigenvalue weighted by molar-refractivity contribution is -0.183. The SMILES string of the molecule is C[C@H](O)[C@@H]1OC(=O)[C@H](N=[N+]=[N-])[C@@H]2OC(C)(C)O[C@H]12. The van der Waals surface area contributed by atoms with E-state index in [0.29, 0.717) is 0 Å². The topological polar surface area (TPSA) is 114 Å². The number of aliphatic hydroxyl groups is 1. The molecule has 0 spiro atoms. The van der Waals surface area contributed by atoms with Crippen LogP contribution in [0.4, 0.5) is 0 Å². The van der Waals surface area contributed by atoms with Crippen LogP contribution in [0.3, 0.4) is 0 Å². The lowest BCUT2D eigenvalue weighted by Crippen LogP contribution is -2.56. The van der Waals surface area contributed by atoms with Gasteiger partial charge in [0.15, 0.2) is 17.9 Å². The molecule has 0 amide bonds. The quantitative estimate of drug-likeness (QED) is 0.334. The number of esters is 1. The summed E-state index contributed by atoms with van der Waals surface area (Å²) >= 11 is 0. The summed E-state index contributed by atoms with van der Waals surface area (Å²) in [5.41, 5.74) is 8.47. The van der Waals surface area contributed by atoms with Crippen molar-refractivity contribution >= 4 is 5.97 Å². The van der Waals surface area contributed by atoms with Gasteiger partial charge in [-0.2, -0.15) is 0 Å². The fourth-order valence-corrected chi connectivity index (χ4v) is 2.26. The number of carbonyl (C=O) groups excluding carboxylic acids is 1. The van der Waals surface area contributed by atoms with Crippen molar-refractivity contribution in [2.45, 2.75) is 57.0 Å². The fourth-order valence-electron chi connectivity index (χ4n) is 2.26. The molecule has 2 saturated heterocycles. The second-order valence-corrected chi connectivity index (χ2v) is 4.86. The molecular weight excluding hydrogens is 242 g/mol. The molecule has 2 rings (SSSR count). The van der Waals surface area contributed by atoms with Gasteiger partial charge in [0.05, 0.1) is 6.10 Å². The van der Waals surface area contributed by atoms with E-state index < -0.39 is 42.2 Å². The lowest BCUT2D eigenvalue weighted by atomic mass is 9.95. The first-order valence-electron chi connectivity index (χ1n) is 5.64. The van der Waals surface area contributed by atoms with Gasteiger partial charge in [0.2, 0.25) is 0 Å². The molecule has 0 bridgehead atoms. The summed E-state index contributed by atoms with van der Waals surface area (Å²) in [6, 6.07) is -1.09. The Bertz CT molecular complexity index is 404. The highest BCUT2D eigenvalue weighted by Crippen LogP contribution is 2.37. The van der Waals surface area contributed by atoms with Crippen molar-refractivity contribution in [2.24, 2.45) is 5.11 Å². The third-order valence-electron chi connectivity index (χ3n) is 2.94. The van der Waals surface area contributed by atoms with E-state index >= 15 is 0 Å². The molecule has 5 atom stereocenters. The van der Waals surface area contributed by atoms with Gasteiger partial charge in [0, 0.05) is 4.91 Å². The van der Waals surface area contributed by atoms with Crippen LogP contribution in [0.15, 0.2) is 5.11 Å². The van der Waals surface area contributed by atoms with Gasteiger partial charge in [-0.15, -0.1) is 0 Å². The molecule has 2 fully saturated rings. The van der Waals surface area contributed by atoms with Crippen molar-refractivity contribution < 1.29 is 24.1 Å². The maximum atomic E-state index is 11.7. The van der Waals surface area contributed by atoms with E-state index in [1.54, 1.807) is 13.8 Å². The minimum Gasteiger partial charge on any atom is -0.456 e. The predicted molar refractivity (Wildman–Crippen MR) is 58.3 cm³/mol. The molecule has 2 aliphatic rings. The number of azide groups is 1. The number of hydrogen-bond donors (Lipinski definition) is 1. The van der Waals surface area contributed by atoms with E-state index in [1.807, 2.05) is 0 Å². The normalized spacial score (nSPS) is 39.4. The van der Waals surface area contributed by atoms with Gasteiger partial charge in [-0.05, 0) is 26.3 Å². The van der Waals surface area contributed by atoms with Crippen LogP contribution >= 0.6 is 0 Å². The largest absolute Gasteiger partial charge is 0.456 e. The zero-order chi connectivity index (χ0) is 13.5. The first kappa shape index (κ1) is 13.1. The Labute approximate surface area is 103 Å². The first-order chi connectivity index (χ1) is 8.35. The molecule has 100 valence electrons. The van der Waals surface area contributed by atoms with Crippen molar-refractivity contribution in [1.82, 2.24) is 0 Å². The summed E-state index contributed by atoms with van der Waals surface area (Å²) in [5, 5.41) is 13.0. The van der Waals surface area contributed by atoms with Crippen LogP contribution in [0, 0.1) is 0 Å². The van der Waals surface area contributed by atoms with Gasteiger partial charge in [0.25, 0.3) is 0 Å². The van der Waals surface area contributed by atoms with Crippen molar-refractivity contribution in [3.63, 3.8) is 0 Å². The molecule has 1 N–H and O–H groups in total. The van der Waals surface area contributed by atoms with E-state index in [0.717, 1.165) is 0 Å². The number of carbonyl (C=O) groups is 1. The third-order valence-corrected chi connectivity index (χ3v) is 2.94. The van der Waals surface area contributed by atoms with Crippen molar-refractivity contribution in [3.05, 3.63) is 10.4 Å². The van der Waals surface area contributed by atoms with Gasteiger partial charge < -0.3 is 19.3 Å². The summed E-state index contributed by atoms with van der Waals surface area (Å²) in [6.07, 6.45) is -3.11. The second kappa shape index (κ2) is 4.40.